The zero-order chi connectivity index (χ0) is 17.3. The van der Waals surface area contributed by atoms with E-state index in [9.17, 15) is 9.59 Å². The summed E-state index contributed by atoms with van der Waals surface area (Å²) in [5.41, 5.74) is 13.7. The summed E-state index contributed by atoms with van der Waals surface area (Å²) in [6.07, 6.45) is 6.08. The molecule has 0 bridgehead atoms. The van der Waals surface area contributed by atoms with Gasteiger partial charge in [0.25, 0.3) is 0 Å². The first-order valence-corrected chi connectivity index (χ1v) is 7.45. The first-order chi connectivity index (χ1) is 9.92. The summed E-state index contributed by atoms with van der Waals surface area (Å²) < 4.78 is 6.14. The fraction of sp³-hybridized carbons (Fsp3) is 0.455. The number of carbonyl (C=O) groups excluding carboxylic acids is 2. The minimum atomic E-state index is -0.430. The van der Waals surface area contributed by atoms with Crippen LogP contribution >= 0.6 is 22.6 Å². The minimum Gasteiger partial charge on any atom is -0.461 e. The zero-order valence-electron chi connectivity index (χ0n) is 13.1. The molecule has 0 atom stereocenters. The van der Waals surface area contributed by atoms with Gasteiger partial charge >= 0.3 is 35.5 Å². The van der Waals surface area contributed by atoms with Crippen molar-refractivity contribution in [1.29, 1.82) is 0 Å². The van der Waals surface area contributed by atoms with Crippen LogP contribution in [0.2, 0.25) is 0 Å². The number of carbonyl (C=O) groups is 2. The summed E-state index contributed by atoms with van der Waals surface area (Å²) in [5.74, 6) is 1.24. The Morgan fingerprint density at radius 2 is 1.91 bits per heavy atom. The summed E-state index contributed by atoms with van der Waals surface area (Å²) >= 11 is 2.15. The predicted molar refractivity (Wildman–Crippen MR) is 86.5 cm³/mol. The number of esters is 1. The first kappa shape index (κ1) is 29.0. The molecule has 0 saturated carbocycles. The van der Waals surface area contributed by atoms with Crippen LogP contribution in [0, 0.1) is 12.3 Å². The number of hydrogen-bond donors (Lipinski definition) is 0. The third-order valence-corrected chi connectivity index (χ3v) is 1.29. The number of ketones is 1. The summed E-state index contributed by atoms with van der Waals surface area (Å²) in [5, 5.41) is 7.16. The second-order valence-corrected chi connectivity index (χ2v) is 2.79. The Bertz CT molecular complexity index is 494. The summed E-state index contributed by atoms with van der Waals surface area (Å²) in [6.45, 7) is 3.45. The quantitative estimate of drug-likeness (QED) is 0.0692. The van der Waals surface area contributed by atoms with Crippen LogP contribution in [0.25, 0.3) is 16.0 Å². The van der Waals surface area contributed by atoms with E-state index in [1.165, 1.54) is 22.7 Å². The molecule has 22 heavy (non-hydrogen) atoms. The largest absolute Gasteiger partial charge is 1.00 e. The van der Waals surface area contributed by atoms with Crippen molar-refractivity contribution in [3.63, 3.8) is 0 Å². The van der Waals surface area contributed by atoms with Gasteiger partial charge in [-0.1, -0.05) is 27.8 Å². The molecule has 0 radical (unpaired) electrons. The van der Waals surface area contributed by atoms with Gasteiger partial charge < -0.3 is 15.8 Å². The monoisotopic (exact) mass is 430 g/mol. The van der Waals surface area contributed by atoms with Crippen LogP contribution in [0.1, 0.15) is 24.3 Å². The third kappa shape index (κ3) is 21.2. The van der Waals surface area contributed by atoms with Crippen molar-refractivity contribution < 1.29 is 43.9 Å². The van der Waals surface area contributed by atoms with E-state index in [0.717, 1.165) is 0 Å². The maximum absolute atomic E-state index is 10.9. The normalized spacial score (nSPS) is 6.73. The van der Waals surface area contributed by atoms with Crippen LogP contribution < -0.4 is 29.6 Å². The molecular weight excluding hydrogens is 414 g/mol. The second-order valence-electron chi connectivity index (χ2n) is 2.79. The Morgan fingerprint density at radius 1 is 1.50 bits per heavy atom. The standard InChI is InChI=1S/C6H9N3O2.C4H4O.CH3I.N3.Na/c1-3-11-6(10)5-4-9(2)8-7-5;1-3-4(2)5;1-2;1-3-2;/h4H,3H2,1-2H3;1H,2H3;1H3;;/q;;;-1;+1. The van der Waals surface area contributed by atoms with Crippen molar-refractivity contribution >= 4 is 34.3 Å². The van der Waals surface area contributed by atoms with Crippen molar-refractivity contribution in [2.45, 2.75) is 13.8 Å². The summed E-state index contributed by atoms with van der Waals surface area (Å²) in [6, 6.07) is 0. The average Bonchev–Trinajstić information content (AvgIpc) is 2.89. The molecule has 0 aromatic carbocycles. The van der Waals surface area contributed by atoms with Crippen molar-refractivity contribution in [1.82, 2.24) is 15.0 Å². The van der Waals surface area contributed by atoms with Gasteiger partial charge in [0, 0.05) is 14.0 Å². The van der Waals surface area contributed by atoms with Crippen LogP contribution in [0.3, 0.4) is 0 Å². The predicted octanol–water partition coefficient (Wildman–Crippen LogP) is -0.878. The number of nitrogens with zero attached hydrogens (tertiary/aromatic N) is 6. The van der Waals surface area contributed by atoms with Gasteiger partial charge in [-0.15, -0.1) is 11.5 Å². The number of alkyl halides is 1. The number of terminal acetylenes is 1. The SMILES string of the molecule is C#CC(C)=O.CCOC(=O)c1cn(C)nn1.CI.[N-]=[N+]=[N-].[Na+]. The molecule has 1 aromatic heterocycles. The van der Waals surface area contributed by atoms with Crippen LogP contribution in [0.5, 0.6) is 0 Å². The Hall–Kier alpha value is -1.12. The van der Waals surface area contributed by atoms with Crippen LogP contribution in [-0.4, -0.2) is 38.3 Å². The van der Waals surface area contributed by atoms with Crippen molar-refractivity contribution in [3.8, 4) is 12.3 Å². The van der Waals surface area contributed by atoms with Gasteiger partial charge in [-0.2, -0.15) is 0 Å². The van der Waals surface area contributed by atoms with Gasteiger partial charge in [0.05, 0.1) is 12.8 Å². The second kappa shape index (κ2) is 22.2. The topological polar surface area (TPSA) is 133 Å². The van der Waals surface area contributed by atoms with Crippen molar-refractivity contribution in [2.75, 3.05) is 11.5 Å². The fourth-order valence-electron chi connectivity index (χ4n) is 0.646. The van der Waals surface area contributed by atoms with E-state index in [1.807, 2.05) is 10.9 Å². The molecule has 1 rings (SSSR count). The minimum absolute atomic E-state index is 0. The molecule has 0 aliphatic rings. The molecule has 0 aliphatic heterocycles. The van der Waals surface area contributed by atoms with Gasteiger partial charge in [-0.3, -0.25) is 14.4 Å². The Kier molecular flexibility index (Phi) is 29.2. The molecule has 0 fully saturated rings. The number of rotatable bonds is 2. The van der Waals surface area contributed by atoms with E-state index in [0.29, 0.717) is 6.61 Å². The molecule has 9 nitrogen and oxygen atoms in total. The van der Waals surface area contributed by atoms with E-state index in [-0.39, 0.29) is 41.0 Å². The van der Waals surface area contributed by atoms with Crippen LogP contribution in [0.4, 0.5) is 0 Å². The van der Waals surface area contributed by atoms with E-state index >= 15 is 0 Å². The van der Waals surface area contributed by atoms with E-state index in [1.54, 1.807) is 14.0 Å². The number of hydrogen-bond acceptors (Lipinski definition) is 5. The first-order valence-electron chi connectivity index (χ1n) is 5.29. The number of ether oxygens (including phenoxy) is 1. The van der Waals surface area contributed by atoms with Crippen LogP contribution in [-0.2, 0) is 16.6 Å². The van der Waals surface area contributed by atoms with Crippen LogP contribution in [0.15, 0.2) is 6.20 Å². The molecule has 0 unspecified atom stereocenters. The molecule has 0 N–H and O–H groups in total. The number of aromatic nitrogens is 3. The summed E-state index contributed by atoms with van der Waals surface area (Å²) in [4.78, 5) is 24.0. The number of halogens is 1. The third-order valence-electron chi connectivity index (χ3n) is 1.29. The molecule has 116 valence electrons. The number of aryl methyl sites for hydroxylation is 1. The molecule has 0 saturated heterocycles. The fourth-order valence-corrected chi connectivity index (χ4v) is 0.646. The van der Waals surface area contributed by atoms with Crippen molar-refractivity contribution in [3.05, 3.63) is 27.9 Å². The molecule has 0 amide bonds. The Balaban J connectivity index is -0.000000125. The smallest absolute Gasteiger partial charge is 0.461 e. The number of Topliss-reactive ketones (excluding diaryl/α,β-unsaturated/α-hetero) is 1. The molecule has 0 spiro atoms. The zero-order valence-corrected chi connectivity index (χ0v) is 17.3. The molecule has 11 heteroatoms. The van der Waals surface area contributed by atoms with Gasteiger partial charge in [-0.25, -0.2) is 4.79 Å². The molecular formula is C11H16IN6NaO3. The van der Waals surface area contributed by atoms with Gasteiger partial charge in [0.1, 0.15) is 0 Å². The Morgan fingerprint density at radius 3 is 2.14 bits per heavy atom. The van der Waals surface area contributed by atoms with Crippen molar-refractivity contribution in [2.24, 2.45) is 7.05 Å². The van der Waals surface area contributed by atoms with E-state index in [2.05, 4.69) is 44.1 Å². The maximum Gasteiger partial charge on any atom is 1.00 e. The van der Waals surface area contributed by atoms with Gasteiger partial charge in [0.2, 0.25) is 5.78 Å². The average molecular weight is 430 g/mol. The maximum atomic E-state index is 10.9. The van der Waals surface area contributed by atoms with E-state index < -0.39 is 5.97 Å². The molecule has 1 heterocycles. The van der Waals surface area contributed by atoms with Gasteiger partial charge in [-0.05, 0) is 17.8 Å². The molecule has 0 aliphatic carbocycles. The van der Waals surface area contributed by atoms with Gasteiger partial charge in [0.15, 0.2) is 5.69 Å². The Labute approximate surface area is 165 Å². The van der Waals surface area contributed by atoms with E-state index in [4.69, 9.17) is 11.1 Å². The summed E-state index contributed by atoms with van der Waals surface area (Å²) in [7, 11) is 1.69. The molecule has 1 aromatic rings.